The maximum atomic E-state index is 5.69. The number of hydrogen-bond donors (Lipinski definition) is 1. The summed E-state index contributed by atoms with van der Waals surface area (Å²) in [5.41, 5.74) is 6.54. The van der Waals surface area contributed by atoms with Gasteiger partial charge in [0.1, 0.15) is 11.5 Å². The largest absolute Gasteiger partial charge is 0.497 e. The highest BCUT2D eigenvalue weighted by molar-refractivity contribution is 5.41. The van der Waals surface area contributed by atoms with Gasteiger partial charge >= 0.3 is 0 Å². The summed E-state index contributed by atoms with van der Waals surface area (Å²) >= 11 is 0. The second-order valence-corrected chi connectivity index (χ2v) is 3.87. The van der Waals surface area contributed by atoms with Crippen LogP contribution in [-0.2, 0) is 9.47 Å². The van der Waals surface area contributed by atoms with Gasteiger partial charge in [0.25, 0.3) is 0 Å². The van der Waals surface area contributed by atoms with Gasteiger partial charge in [-0.3, -0.25) is 0 Å². The molecule has 0 radical (unpaired) electrons. The summed E-state index contributed by atoms with van der Waals surface area (Å²) in [6.45, 7) is 0.972. The lowest BCUT2D eigenvalue weighted by Gasteiger charge is -2.28. The predicted molar refractivity (Wildman–Crippen MR) is 62.2 cm³/mol. The summed E-state index contributed by atoms with van der Waals surface area (Å²) in [7, 11) is 3.22. The average Bonchev–Trinajstić information content (AvgIpc) is 2.39. The molecule has 0 spiro atoms. The highest BCUT2D eigenvalue weighted by Crippen LogP contribution is 2.33. The van der Waals surface area contributed by atoms with Crippen LogP contribution in [0.4, 0.5) is 0 Å². The molecular weight excluding hydrogens is 222 g/mol. The molecule has 2 N–H and O–H groups in total. The second-order valence-electron chi connectivity index (χ2n) is 3.87. The first-order valence-corrected chi connectivity index (χ1v) is 5.45. The summed E-state index contributed by atoms with van der Waals surface area (Å²) in [6, 6.07) is 5.46. The van der Waals surface area contributed by atoms with Gasteiger partial charge in [-0.05, 0) is 12.1 Å². The van der Waals surface area contributed by atoms with E-state index in [0.29, 0.717) is 19.0 Å². The molecule has 1 heterocycles. The first-order valence-electron chi connectivity index (χ1n) is 5.45. The maximum absolute atomic E-state index is 5.69. The Labute approximate surface area is 100 Å². The molecular formula is C12H17NO4. The first kappa shape index (κ1) is 12.2. The molecule has 0 aromatic heterocycles. The highest BCUT2D eigenvalue weighted by atomic mass is 16.7. The zero-order chi connectivity index (χ0) is 12.3. The van der Waals surface area contributed by atoms with Crippen LogP contribution >= 0.6 is 0 Å². The molecule has 5 nitrogen and oxygen atoms in total. The van der Waals surface area contributed by atoms with Crippen molar-refractivity contribution in [3.63, 3.8) is 0 Å². The Morgan fingerprint density at radius 1 is 1.18 bits per heavy atom. The lowest BCUT2D eigenvalue weighted by atomic mass is 10.1. The van der Waals surface area contributed by atoms with Crippen molar-refractivity contribution in [2.45, 2.75) is 12.3 Å². The molecule has 1 saturated heterocycles. The number of methoxy groups -OCH3 is 2. The topological polar surface area (TPSA) is 62.9 Å². The minimum absolute atomic E-state index is 0.0597. The quantitative estimate of drug-likeness (QED) is 0.855. The third-order valence-corrected chi connectivity index (χ3v) is 2.62. The van der Waals surface area contributed by atoms with Crippen LogP contribution in [0.25, 0.3) is 0 Å². The summed E-state index contributed by atoms with van der Waals surface area (Å²) < 4.78 is 21.5. The SMILES string of the molecule is COc1ccc(C2OCC(N)CO2)c(OC)c1. The predicted octanol–water partition coefficient (Wildman–Crippen LogP) is 1.08. The Balaban J connectivity index is 2.19. The van der Waals surface area contributed by atoms with E-state index in [-0.39, 0.29) is 6.04 Å². The Kier molecular flexibility index (Phi) is 3.83. The fraction of sp³-hybridized carbons (Fsp3) is 0.500. The van der Waals surface area contributed by atoms with Crippen LogP contribution in [0.15, 0.2) is 18.2 Å². The summed E-state index contributed by atoms with van der Waals surface area (Å²) in [4.78, 5) is 0. The number of benzene rings is 1. The van der Waals surface area contributed by atoms with Crippen molar-refractivity contribution < 1.29 is 18.9 Å². The van der Waals surface area contributed by atoms with Crippen molar-refractivity contribution in [3.8, 4) is 11.5 Å². The van der Waals surface area contributed by atoms with E-state index in [1.165, 1.54) is 0 Å². The van der Waals surface area contributed by atoms with E-state index in [2.05, 4.69) is 0 Å². The normalized spacial score (nSPS) is 24.4. The molecule has 1 aliphatic rings. The Hall–Kier alpha value is -1.30. The van der Waals surface area contributed by atoms with Crippen LogP contribution < -0.4 is 15.2 Å². The number of hydrogen-bond acceptors (Lipinski definition) is 5. The van der Waals surface area contributed by atoms with Crippen LogP contribution in [0, 0.1) is 0 Å². The molecule has 0 unspecified atom stereocenters. The van der Waals surface area contributed by atoms with E-state index in [1.54, 1.807) is 20.3 Å². The Morgan fingerprint density at radius 2 is 1.88 bits per heavy atom. The number of rotatable bonds is 3. The molecule has 0 bridgehead atoms. The molecule has 1 aromatic carbocycles. The fourth-order valence-electron chi connectivity index (χ4n) is 1.71. The van der Waals surface area contributed by atoms with E-state index in [1.807, 2.05) is 12.1 Å². The molecule has 0 atom stereocenters. The van der Waals surface area contributed by atoms with Crippen LogP contribution in [0.3, 0.4) is 0 Å². The molecule has 2 rings (SSSR count). The standard InChI is InChI=1S/C12H17NO4/c1-14-9-3-4-10(11(5-9)15-2)12-16-6-8(13)7-17-12/h3-5,8,12H,6-7,13H2,1-2H3. The summed E-state index contributed by atoms with van der Waals surface area (Å²) in [5, 5.41) is 0. The van der Waals surface area contributed by atoms with Crippen LogP contribution in [0.1, 0.15) is 11.9 Å². The smallest absolute Gasteiger partial charge is 0.187 e. The van der Waals surface area contributed by atoms with Crippen molar-refractivity contribution in [1.82, 2.24) is 0 Å². The lowest BCUT2D eigenvalue weighted by molar-refractivity contribution is -0.190. The van der Waals surface area contributed by atoms with Gasteiger partial charge in [-0.25, -0.2) is 0 Å². The third kappa shape index (κ3) is 2.69. The van der Waals surface area contributed by atoms with Crippen molar-refractivity contribution in [1.29, 1.82) is 0 Å². The molecule has 1 aromatic rings. The van der Waals surface area contributed by atoms with Gasteiger partial charge in [0.15, 0.2) is 6.29 Å². The van der Waals surface area contributed by atoms with Crippen molar-refractivity contribution in [2.75, 3.05) is 27.4 Å². The fourth-order valence-corrected chi connectivity index (χ4v) is 1.71. The van der Waals surface area contributed by atoms with Crippen molar-refractivity contribution in [2.24, 2.45) is 5.73 Å². The lowest BCUT2D eigenvalue weighted by Crippen LogP contribution is -2.37. The van der Waals surface area contributed by atoms with Gasteiger partial charge in [0.2, 0.25) is 0 Å². The second kappa shape index (κ2) is 5.35. The zero-order valence-electron chi connectivity index (χ0n) is 10.0. The van der Waals surface area contributed by atoms with Gasteiger partial charge in [-0.1, -0.05) is 0 Å². The third-order valence-electron chi connectivity index (χ3n) is 2.62. The maximum Gasteiger partial charge on any atom is 0.187 e. The van der Waals surface area contributed by atoms with E-state index in [0.717, 1.165) is 11.3 Å². The van der Waals surface area contributed by atoms with Crippen LogP contribution in [-0.4, -0.2) is 33.5 Å². The summed E-state index contributed by atoms with van der Waals surface area (Å²) in [5.74, 6) is 1.42. The summed E-state index contributed by atoms with van der Waals surface area (Å²) in [6.07, 6.45) is -0.421. The molecule has 0 amide bonds. The Morgan fingerprint density at radius 3 is 2.47 bits per heavy atom. The minimum atomic E-state index is -0.421. The highest BCUT2D eigenvalue weighted by Gasteiger charge is 2.24. The molecule has 0 saturated carbocycles. The molecule has 1 fully saturated rings. The van der Waals surface area contributed by atoms with Gasteiger partial charge in [0.05, 0.1) is 33.5 Å². The zero-order valence-corrected chi connectivity index (χ0v) is 10.0. The molecule has 94 valence electrons. The van der Waals surface area contributed by atoms with Crippen LogP contribution in [0.5, 0.6) is 11.5 Å². The van der Waals surface area contributed by atoms with Gasteiger partial charge in [0, 0.05) is 11.6 Å². The number of nitrogens with two attached hydrogens (primary N) is 1. The van der Waals surface area contributed by atoms with Gasteiger partial charge < -0.3 is 24.7 Å². The van der Waals surface area contributed by atoms with E-state index < -0.39 is 6.29 Å². The molecule has 17 heavy (non-hydrogen) atoms. The monoisotopic (exact) mass is 239 g/mol. The Bertz CT molecular complexity index is 375. The van der Waals surface area contributed by atoms with E-state index in [4.69, 9.17) is 24.7 Å². The van der Waals surface area contributed by atoms with E-state index >= 15 is 0 Å². The van der Waals surface area contributed by atoms with Crippen LogP contribution in [0.2, 0.25) is 0 Å². The van der Waals surface area contributed by atoms with Gasteiger partial charge in [-0.15, -0.1) is 0 Å². The van der Waals surface area contributed by atoms with Gasteiger partial charge in [-0.2, -0.15) is 0 Å². The average molecular weight is 239 g/mol. The molecule has 0 aliphatic carbocycles. The first-order chi connectivity index (χ1) is 8.24. The molecule has 5 heteroatoms. The van der Waals surface area contributed by atoms with E-state index in [9.17, 15) is 0 Å². The number of ether oxygens (including phenoxy) is 4. The van der Waals surface area contributed by atoms with Crippen molar-refractivity contribution >= 4 is 0 Å². The van der Waals surface area contributed by atoms with Crippen molar-refractivity contribution in [3.05, 3.63) is 23.8 Å². The molecule has 1 aliphatic heterocycles. The minimum Gasteiger partial charge on any atom is -0.497 e.